The van der Waals surface area contributed by atoms with Crippen LogP contribution in [-0.4, -0.2) is 24.8 Å². The zero-order valence-corrected chi connectivity index (χ0v) is 9.10. The molecule has 0 aliphatic carbocycles. The molecule has 0 bridgehead atoms. The molecule has 2 nitrogen and oxygen atoms in total. The number of anilines is 1. The van der Waals surface area contributed by atoms with Gasteiger partial charge in [0.25, 0.3) is 0 Å². The third-order valence-corrected chi connectivity index (χ3v) is 3.18. The lowest BCUT2D eigenvalue weighted by Crippen LogP contribution is -2.35. The first-order valence-corrected chi connectivity index (χ1v) is 5.81. The van der Waals surface area contributed by atoms with Gasteiger partial charge in [0.2, 0.25) is 0 Å². The van der Waals surface area contributed by atoms with Crippen LogP contribution in [0.3, 0.4) is 0 Å². The maximum Gasteiger partial charge on any atom is 0.0434 e. The van der Waals surface area contributed by atoms with Crippen molar-refractivity contribution in [3.63, 3.8) is 0 Å². The number of para-hydroxylation sites is 1. The first kappa shape index (κ1) is 10.5. The summed E-state index contributed by atoms with van der Waals surface area (Å²) in [4.78, 5) is 2.43. The maximum atomic E-state index is 8.96. The van der Waals surface area contributed by atoms with E-state index < -0.39 is 0 Å². The molecule has 0 aromatic heterocycles. The molecule has 0 radical (unpaired) electrons. The Balaban J connectivity index is 1.98. The van der Waals surface area contributed by atoms with Gasteiger partial charge in [-0.1, -0.05) is 18.2 Å². The smallest absolute Gasteiger partial charge is 0.0434 e. The van der Waals surface area contributed by atoms with E-state index in [0.717, 1.165) is 19.5 Å². The lowest BCUT2D eigenvalue weighted by Gasteiger charge is -2.34. The Morgan fingerprint density at radius 1 is 1.27 bits per heavy atom. The number of nitrogens with zero attached hydrogens (tertiary/aromatic N) is 1. The van der Waals surface area contributed by atoms with Gasteiger partial charge in [0.05, 0.1) is 0 Å². The van der Waals surface area contributed by atoms with E-state index in [4.69, 9.17) is 5.11 Å². The Kier molecular flexibility index (Phi) is 3.62. The highest BCUT2D eigenvalue weighted by Gasteiger charge is 2.19. The van der Waals surface area contributed by atoms with Crippen LogP contribution in [0.2, 0.25) is 0 Å². The van der Waals surface area contributed by atoms with Gasteiger partial charge in [0, 0.05) is 25.4 Å². The molecule has 1 aliphatic rings. The number of hydrogen-bond donors (Lipinski definition) is 1. The molecule has 2 rings (SSSR count). The van der Waals surface area contributed by atoms with Gasteiger partial charge in [-0.3, -0.25) is 0 Å². The molecule has 1 aromatic carbocycles. The van der Waals surface area contributed by atoms with Crippen molar-refractivity contribution < 1.29 is 5.11 Å². The fourth-order valence-corrected chi connectivity index (χ4v) is 2.36. The monoisotopic (exact) mass is 205 g/mol. The van der Waals surface area contributed by atoms with Gasteiger partial charge in [-0.05, 0) is 37.3 Å². The summed E-state index contributed by atoms with van der Waals surface area (Å²) in [6.07, 6.45) is 3.47. The normalized spacial score (nSPS) is 21.7. The topological polar surface area (TPSA) is 23.5 Å². The number of aliphatic hydroxyl groups is 1. The third kappa shape index (κ3) is 2.72. The summed E-state index contributed by atoms with van der Waals surface area (Å²) in [7, 11) is 0. The highest BCUT2D eigenvalue weighted by Crippen LogP contribution is 2.24. The van der Waals surface area contributed by atoms with E-state index in [2.05, 4.69) is 35.2 Å². The minimum Gasteiger partial charge on any atom is -0.396 e. The van der Waals surface area contributed by atoms with Gasteiger partial charge in [-0.15, -0.1) is 0 Å². The van der Waals surface area contributed by atoms with E-state index in [1.807, 2.05) is 0 Å². The Hall–Kier alpha value is -1.02. The third-order valence-electron chi connectivity index (χ3n) is 3.18. The van der Waals surface area contributed by atoms with E-state index in [0.29, 0.717) is 12.5 Å². The van der Waals surface area contributed by atoms with Gasteiger partial charge >= 0.3 is 0 Å². The number of piperidine rings is 1. The predicted molar refractivity (Wildman–Crippen MR) is 63.1 cm³/mol. The van der Waals surface area contributed by atoms with Crippen molar-refractivity contribution in [2.45, 2.75) is 19.3 Å². The summed E-state index contributed by atoms with van der Waals surface area (Å²) in [5, 5.41) is 8.96. The Labute approximate surface area is 91.5 Å². The van der Waals surface area contributed by atoms with Crippen LogP contribution >= 0.6 is 0 Å². The van der Waals surface area contributed by atoms with Crippen molar-refractivity contribution in [1.82, 2.24) is 0 Å². The molecule has 82 valence electrons. The van der Waals surface area contributed by atoms with Gasteiger partial charge in [-0.2, -0.15) is 0 Å². The molecule has 2 heteroatoms. The number of benzene rings is 1. The van der Waals surface area contributed by atoms with Crippen molar-refractivity contribution >= 4 is 5.69 Å². The summed E-state index contributed by atoms with van der Waals surface area (Å²) in [5.74, 6) is 0.670. The summed E-state index contributed by atoms with van der Waals surface area (Å²) in [6.45, 7) is 2.59. The van der Waals surface area contributed by atoms with Crippen LogP contribution in [0.15, 0.2) is 30.3 Å². The van der Waals surface area contributed by atoms with Crippen molar-refractivity contribution in [1.29, 1.82) is 0 Å². The Morgan fingerprint density at radius 3 is 2.80 bits per heavy atom. The van der Waals surface area contributed by atoms with Crippen LogP contribution in [0, 0.1) is 5.92 Å². The van der Waals surface area contributed by atoms with Crippen LogP contribution in [0.4, 0.5) is 5.69 Å². The molecule has 1 atom stereocenters. The van der Waals surface area contributed by atoms with Crippen molar-refractivity contribution in [3.05, 3.63) is 30.3 Å². The second kappa shape index (κ2) is 5.17. The summed E-state index contributed by atoms with van der Waals surface area (Å²) in [6, 6.07) is 10.6. The van der Waals surface area contributed by atoms with E-state index in [-0.39, 0.29) is 0 Å². The second-order valence-electron chi connectivity index (χ2n) is 4.30. The maximum absolute atomic E-state index is 8.96. The van der Waals surface area contributed by atoms with Crippen LogP contribution in [0.25, 0.3) is 0 Å². The van der Waals surface area contributed by atoms with Crippen molar-refractivity contribution in [3.8, 4) is 0 Å². The zero-order valence-electron chi connectivity index (χ0n) is 9.10. The summed E-state index contributed by atoms with van der Waals surface area (Å²) >= 11 is 0. The SMILES string of the molecule is OCC[C@@H]1CCCN(c2ccccc2)C1. The largest absolute Gasteiger partial charge is 0.396 e. The molecule has 1 aliphatic heterocycles. The average Bonchev–Trinajstić information content (AvgIpc) is 2.31. The van der Waals surface area contributed by atoms with Gasteiger partial charge in [0.1, 0.15) is 0 Å². The Morgan fingerprint density at radius 2 is 2.07 bits per heavy atom. The first-order valence-electron chi connectivity index (χ1n) is 5.81. The molecule has 1 aromatic rings. The number of hydrogen-bond acceptors (Lipinski definition) is 2. The lowest BCUT2D eigenvalue weighted by molar-refractivity contribution is 0.244. The van der Waals surface area contributed by atoms with E-state index >= 15 is 0 Å². The quantitative estimate of drug-likeness (QED) is 0.818. The molecular weight excluding hydrogens is 186 g/mol. The van der Waals surface area contributed by atoms with Crippen LogP contribution in [-0.2, 0) is 0 Å². The molecule has 1 fully saturated rings. The van der Waals surface area contributed by atoms with Crippen molar-refractivity contribution in [2.24, 2.45) is 5.92 Å². The molecule has 0 unspecified atom stereocenters. The molecule has 0 spiro atoms. The zero-order chi connectivity index (χ0) is 10.5. The fraction of sp³-hybridized carbons (Fsp3) is 0.538. The van der Waals surface area contributed by atoms with Crippen LogP contribution < -0.4 is 4.90 Å². The molecule has 1 saturated heterocycles. The van der Waals surface area contributed by atoms with Gasteiger partial charge < -0.3 is 10.0 Å². The minimum atomic E-state index is 0.327. The molecule has 1 N–H and O–H groups in total. The Bertz CT molecular complexity index is 284. The summed E-state index contributed by atoms with van der Waals surface area (Å²) < 4.78 is 0. The van der Waals surface area contributed by atoms with E-state index in [9.17, 15) is 0 Å². The van der Waals surface area contributed by atoms with Gasteiger partial charge in [0.15, 0.2) is 0 Å². The lowest BCUT2D eigenvalue weighted by atomic mass is 9.95. The molecule has 0 saturated carbocycles. The fourth-order valence-electron chi connectivity index (χ4n) is 2.36. The molecule has 0 amide bonds. The highest BCUT2D eigenvalue weighted by atomic mass is 16.3. The number of rotatable bonds is 3. The van der Waals surface area contributed by atoms with Crippen LogP contribution in [0.5, 0.6) is 0 Å². The van der Waals surface area contributed by atoms with Gasteiger partial charge in [-0.25, -0.2) is 0 Å². The molecule has 1 heterocycles. The molecule has 15 heavy (non-hydrogen) atoms. The van der Waals surface area contributed by atoms with Crippen molar-refractivity contribution in [2.75, 3.05) is 24.6 Å². The minimum absolute atomic E-state index is 0.327. The average molecular weight is 205 g/mol. The predicted octanol–water partition coefficient (Wildman–Crippen LogP) is 2.29. The van der Waals surface area contributed by atoms with Crippen LogP contribution in [0.1, 0.15) is 19.3 Å². The van der Waals surface area contributed by atoms with E-state index in [1.165, 1.54) is 18.5 Å². The highest BCUT2D eigenvalue weighted by molar-refractivity contribution is 5.46. The summed E-state index contributed by atoms with van der Waals surface area (Å²) in [5.41, 5.74) is 1.32. The second-order valence-corrected chi connectivity index (χ2v) is 4.30. The molecular formula is C13H19NO. The first-order chi connectivity index (χ1) is 7.40. The standard InChI is InChI=1S/C13H19NO/c15-10-8-12-5-4-9-14(11-12)13-6-2-1-3-7-13/h1-3,6-7,12,15H,4-5,8-11H2/t12-/m0/s1. The number of aliphatic hydroxyl groups excluding tert-OH is 1. The van der Waals surface area contributed by atoms with E-state index in [1.54, 1.807) is 0 Å².